The van der Waals surface area contributed by atoms with Crippen molar-refractivity contribution in [2.24, 2.45) is 17.8 Å². The molecular formula is C25H36F2O. The molecule has 1 aromatic carbocycles. The predicted octanol–water partition coefficient (Wildman–Crippen LogP) is 7.80. The Morgan fingerprint density at radius 3 is 2.04 bits per heavy atom. The molecule has 0 N–H and O–H groups in total. The van der Waals surface area contributed by atoms with Gasteiger partial charge >= 0.3 is 0 Å². The molecule has 3 heteroatoms. The van der Waals surface area contributed by atoms with Crippen molar-refractivity contribution in [3.8, 4) is 5.75 Å². The Kier molecular flexibility index (Phi) is 7.93. The monoisotopic (exact) mass is 390 g/mol. The van der Waals surface area contributed by atoms with Gasteiger partial charge in [-0.15, -0.1) is 0 Å². The zero-order valence-electron chi connectivity index (χ0n) is 17.6. The van der Waals surface area contributed by atoms with E-state index in [2.05, 4.69) is 19.1 Å². The van der Waals surface area contributed by atoms with Gasteiger partial charge in [-0.3, -0.25) is 0 Å². The Balaban J connectivity index is 1.49. The maximum atomic E-state index is 14.5. The molecule has 0 aromatic heterocycles. The number of halogens is 2. The molecule has 0 radical (unpaired) electrons. The Morgan fingerprint density at radius 2 is 1.46 bits per heavy atom. The zero-order valence-corrected chi connectivity index (χ0v) is 17.6. The second-order valence-corrected chi connectivity index (χ2v) is 8.78. The molecule has 1 aromatic rings. The highest BCUT2D eigenvalue weighted by atomic mass is 19.2. The van der Waals surface area contributed by atoms with Gasteiger partial charge in [0.1, 0.15) is 0 Å². The average molecular weight is 391 g/mol. The molecule has 2 saturated carbocycles. The first-order valence-electron chi connectivity index (χ1n) is 11.4. The van der Waals surface area contributed by atoms with Crippen molar-refractivity contribution in [1.82, 2.24) is 0 Å². The van der Waals surface area contributed by atoms with Crippen molar-refractivity contribution in [2.75, 3.05) is 6.61 Å². The first-order valence-corrected chi connectivity index (χ1v) is 11.4. The normalized spacial score (nSPS) is 28.6. The molecule has 2 aliphatic carbocycles. The number of benzene rings is 1. The molecule has 0 heterocycles. The van der Waals surface area contributed by atoms with Crippen LogP contribution in [-0.2, 0) is 0 Å². The third kappa shape index (κ3) is 5.36. The van der Waals surface area contributed by atoms with E-state index in [4.69, 9.17) is 4.74 Å². The predicted molar refractivity (Wildman–Crippen MR) is 112 cm³/mol. The van der Waals surface area contributed by atoms with Crippen LogP contribution in [0.15, 0.2) is 24.3 Å². The summed E-state index contributed by atoms with van der Waals surface area (Å²) in [4.78, 5) is 0. The quantitative estimate of drug-likeness (QED) is 0.432. The van der Waals surface area contributed by atoms with Crippen LogP contribution < -0.4 is 4.74 Å². The molecule has 0 aliphatic heterocycles. The lowest BCUT2D eigenvalue weighted by molar-refractivity contribution is 0.292. The number of rotatable bonds is 7. The van der Waals surface area contributed by atoms with Crippen molar-refractivity contribution in [3.63, 3.8) is 0 Å². The van der Waals surface area contributed by atoms with E-state index in [9.17, 15) is 8.78 Å². The minimum atomic E-state index is -0.833. The molecule has 1 nitrogen and oxygen atoms in total. The number of hydrogen-bond acceptors (Lipinski definition) is 1. The van der Waals surface area contributed by atoms with Crippen molar-refractivity contribution < 1.29 is 13.5 Å². The highest BCUT2D eigenvalue weighted by Gasteiger charge is 2.26. The van der Waals surface area contributed by atoms with E-state index in [1.165, 1.54) is 38.5 Å². The van der Waals surface area contributed by atoms with Crippen LogP contribution in [0.25, 0.3) is 0 Å². The van der Waals surface area contributed by atoms with Crippen molar-refractivity contribution in [3.05, 3.63) is 41.5 Å². The standard InChI is InChI=1S/C25H36F2O/c1-3-5-18-6-8-19(9-7-18)10-11-20-12-14-21(15-13-20)22-16-17-23(28-4-2)25(27)24(22)26/h10-11,16-21H,3-9,12-15H2,1-2H3/b11-10+. The third-order valence-electron chi connectivity index (χ3n) is 6.83. The molecule has 2 aliphatic rings. The SMILES string of the molecule is CCCC1CCC(/C=C/C2CCC(c3ccc(OCC)c(F)c3F)CC2)CC1. The van der Waals surface area contributed by atoms with Gasteiger partial charge in [0.05, 0.1) is 6.61 Å². The fourth-order valence-electron chi connectivity index (χ4n) is 5.14. The summed E-state index contributed by atoms with van der Waals surface area (Å²) in [5.74, 6) is 0.903. The molecule has 0 spiro atoms. The largest absolute Gasteiger partial charge is 0.491 e. The van der Waals surface area contributed by atoms with E-state index in [-0.39, 0.29) is 11.7 Å². The minimum absolute atomic E-state index is 0.0222. The maximum absolute atomic E-state index is 14.5. The van der Waals surface area contributed by atoms with Crippen molar-refractivity contribution in [1.29, 1.82) is 0 Å². The molecular weight excluding hydrogens is 354 g/mol. The van der Waals surface area contributed by atoms with Crippen molar-refractivity contribution >= 4 is 0 Å². The summed E-state index contributed by atoms with van der Waals surface area (Å²) < 4.78 is 33.8. The lowest BCUT2D eigenvalue weighted by Gasteiger charge is -2.29. The summed E-state index contributed by atoms with van der Waals surface area (Å²) in [6, 6.07) is 3.30. The third-order valence-corrected chi connectivity index (χ3v) is 6.83. The molecule has 0 bridgehead atoms. The van der Waals surface area contributed by atoms with E-state index in [0.29, 0.717) is 18.1 Å². The Labute approximate surface area is 169 Å². The highest BCUT2D eigenvalue weighted by Crippen LogP contribution is 2.39. The first kappa shape index (κ1) is 21.3. The van der Waals surface area contributed by atoms with Crippen LogP contribution in [0.2, 0.25) is 0 Å². The molecule has 3 rings (SSSR count). The molecule has 0 amide bonds. The minimum Gasteiger partial charge on any atom is -0.491 e. The van der Waals surface area contributed by atoms with E-state index < -0.39 is 11.6 Å². The molecule has 0 unspecified atom stereocenters. The van der Waals surface area contributed by atoms with Gasteiger partial charge in [-0.05, 0) is 93.6 Å². The fourth-order valence-corrected chi connectivity index (χ4v) is 5.14. The van der Waals surface area contributed by atoms with Crippen LogP contribution in [0, 0.1) is 29.4 Å². The van der Waals surface area contributed by atoms with Gasteiger partial charge in [0, 0.05) is 0 Å². The van der Waals surface area contributed by atoms with Crippen LogP contribution in [0.5, 0.6) is 5.75 Å². The second-order valence-electron chi connectivity index (χ2n) is 8.78. The van der Waals surface area contributed by atoms with E-state index in [1.54, 1.807) is 19.1 Å². The molecule has 156 valence electrons. The van der Waals surface area contributed by atoms with Gasteiger partial charge in [0.2, 0.25) is 5.82 Å². The summed E-state index contributed by atoms with van der Waals surface area (Å²) in [7, 11) is 0. The van der Waals surface area contributed by atoms with Gasteiger partial charge in [-0.2, -0.15) is 4.39 Å². The van der Waals surface area contributed by atoms with Crippen LogP contribution in [0.3, 0.4) is 0 Å². The van der Waals surface area contributed by atoms with Gasteiger partial charge in [-0.25, -0.2) is 4.39 Å². The number of hydrogen-bond donors (Lipinski definition) is 0. The highest BCUT2D eigenvalue weighted by molar-refractivity contribution is 5.33. The average Bonchev–Trinajstić information content (AvgIpc) is 2.72. The summed E-state index contributed by atoms with van der Waals surface area (Å²) in [5.41, 5.74) is 0.526. The van der Waals surface area contributed by atoms with Crippen LogP contribution in [0.4, 0.5) is 8.78 Å². The Morgan fingerprint density at radius 1 is 0.857 bits per heavy atom. The van der Waals surface area contributed by atoms with E-state index in [1.807, 2.05) is 0 Å². The smallest absolute Gasteiger partial charge is 0.200 e. The summed E-state index contributed by atoms with van der Waals surface area (Å²) in [6.07, 6.45) is 17.1. The van der Waals surface area contributed by atoms with Crippen LogP contribution in [-0.4, -0.2) is 6.61 Å². The lowest BCUT2D eigenvalue weighted by atomic mass is 9.76. The molecule has 0 atom stereocenters. The maximum Gasteiger partial charge on any atom is 0.200 e. The Hall–Kier alpha value is -1.38. The first-order chi connectivity index (χ1) is 13.6. The van der Waals surface area contributed by atoms with E-state index >= 15 is 0 Å². The topological polar surface area (TPSA) is 9.23 Å². The van der Waals surface area contributed by atoms with Gasteiger partial charge < -0.3 is 4.74 Å². The number of ether oxygens (including phenoxy) is 1. The Bertz CT molecular complexity index is 638. The number of allylic oxidation sites excluding steroid dienone is 2. The lowest BCUT2D eigenvalue weighted by Crippen LogP contribution is -2.15. The molecule has 28 heavy (non-hydrogen) atoms. The zero-order chi connectivity index (χ0) is 19.9. The summed E-state index contributed by atoms with van der Waals surface area (Å²) in [6.45, 7) is 4.40. The van der Waals surface area contributed by atoms with Crippen molar-refractivity contribution in [2.45, 2.75) is 84.0 Å². The summed E-state index contributed by atoms with van der Waals surface area (Å²) in [5, 5.41) is 0. The molecule has 2 fully saturated rings. The molecule has 0 saturated heterocycles. The van der Waals surface area contributed by atoms with Gasteiger partial charge in [0.15, 0.2) is 11.6 Å². The van der Waals surface area contributed by atoms with Crippen LogP contribution in [0.1, 0.15) is 89.5 Å². The van der Waals surface area contributed by atoms with Crippen LogP contribution >= 0.6 is 0 Å². The fraction of sp³-hybridized carbons (Fsp3) is 0.680. The summed E-state index contributed by atoms with van der Waals surface area (Å²) >= 11 is 0. The van der Waals surface area contributed by atoms with E-state index in [0.717, 1.165) is 37.5 Å². The van der Waals surface area contributed by atoms with Gasteiger partial charge in [-0.1, -0.05) is 38.0 Å². The van der Waals surface area contributed by atoms with Gasteiger partial charge in [0.25, 0.3) is 0 Å². The second kappa shape index (κ2) is 10.4.